The third kappa shape index (κ3) is 2.99. The first-order valence-corrected chi connectivity index (χ1v) is 6.89. The Morgan fingerprint density at radius 1 is 1.44 bits per heavy atom. The van der Waals surface area contributed by atoms with Gasteiger partial charge in [-0.15, -0.1) is 10.2 Å². The number of nitrogen functional groups attached to an aromatic ring is 1. The van der Waals surface area contributed by atoms with Gasteiger partial charge in [-0.3, -0.25) is 4.79 Å². The molecule has 0 saturated carbocycles. The number of Topliss-reactive ketones (excluding diaryl/α,β-unsaturated/α-hetero) is 1. The predicted octanol–water partition coefficient (Wildman–Crippen LogP) is 2.10. The third-order valence-corrected chi connectivity index (χ3v) is 4.04. The molecule has 1 aromatic heterocycles. The maximum absolute atomic E-state index is 12.0. The molecule has 1 aromatic carbocycles. The number of carbonyl (C=O) groups is 1. The van der Waals surface area contributed by atoms with Crippen molar-refractivity contribution in [1.82, 2.24) is 10.2 Å². The number of para-hydroxylation sites is 1. The van der Waals surface area contributed by atoms with E-state index in [9.17, 15) is 4.79 Å². The normalized spacial score (nSPS) is 10.3. The van der Waals surface area contributed by atoms with E-state index in [1.807, 2.05) is 12.1 Å². The number of methoxy groups -OCH3 is 1. The Morgan fingerprint density at radius 3 is 2.89 bits per heavy atom. The van der Waals surface area contributed by atoms with Crippen LogP contribution in [0.4, 0.5) is 5.13 Å². The number of ether oxygens (including phenoxy) is 1. The van der Waals surface area contributed by atoms with E-state index in [2.05, 4.69) is 10.2 Å². The van der Waals surface area contributed by atoms with Crippen LogP contribution in [0.25, 0.3) is 0 Å². The predicted molar refractivity (Wildman–Crippen MR) is 72.4 cm³/mol. The second kappa shape index (κ2) is 5.83. The monoisotopic (exact) mass is 281 g/mol. The molecule has 2 N–H and O–H groups in total. The molecule has 7 heteroatoms. The van der Waals surface area contributed by atoms with E-state index in [4.69, 9.17) is 10.5 Å². The molecule has 0 aliphatic heterocycles. The van der Waals surface area contributed by atoms with Crippen LogP contribution in [0.2, 0.25) is 0 Å². The minimum Gasteiger partial charge on any atom is -0.496 e. The van der Waals surface area contributed by atoms with Gasteiger partial charge in [0.15, 0.2) is 10.1 Å². The van der Waals surface area contributed by atoms with Crippen molar-refractivity contribution in [3.63, 3.8) is 0 Å². The molecule has 5 nitrogen and oxygen atoms in total. The average molecular weight is 281 g/mol. The summed E-state index contributed by atoms with van der Waals surface area (Å²) in [5.74, 6) is 0.862. The van der Waals surface area contributed by atoms with Crippen molar-refractivity contribution in [3.05, 3.63) is 29.8 Å². The summed E-state index contributed by atoms with van der Waals surface area (Å²) >= 11 is 2.59. The Hall–Kier alpha value is -1.60. The van der Waals surface area contributed by atoms with Gasteiger partial charge >= 0.3 is 0 Å². The molecule has 0 bridgehead atoms. The van der Waals surface area contributed by atoms with Crippen molar-refractivity contribution in [1.29, 1.82) is 0 Å². The fourth-order valence-corrected chi connectivity index (χ4v) is 2.88. The van der Waals surface area contributed by atoms with Gasteiger partial charge in [0.2, 0.25) is 5.13 Å². The fraction of sp³-hybridized carbons (Fsp3) is 0.182. The Morgan fingerprint density at radius 2 is 2.22 bits per heavy atom. The van der Waals surface area contributed by atoms with Gasteiger partial charge in [0, 0.05) is 0 Å². The highest BCUT2D eigenvalue weighted by Crippen LogP contribution is 2.26. The number of benzene rings is 1. The maximum Gasteiger partial charge on any atom is 0.203 e. The lowest BCUT2D eigenvalue weighted by atomic mass is 10.1. The van der Waals surface area contributed by atoms with Gasteiger partial charge in [-0.2, -0.15) is 0 Å². The topological polar surface area (TPSA) is 78.1 Å². The molecular formula is C11H11N3O2S2. The molecule has 0 aliphatic carbocycles. The summed E-state index contributed by atoms with van der Waals surface area (Å²) in [6, 6.07) is 7.15. The molecule has 0 radical (unpaired) electrons. The molecule has 0 amide bonds. The van der Waals surface area contributed by atoms with Crippen LogP contribution >= 0.6 is 23.1 Å². The summed E-state index contributed by atoms with van der Waals surface area (Å²) in [4.78, 5) is 12.0. The number of hydrogen-bond donors (Lipinski definition) is 1. The van der Waals surface area contributed by atoms with Gasteiger partial charge in [0.1, 0.15) is 5.75 Å². The number of rotatable bonds is 5. The number of anilines is 1. The van der Waals surface area contributed by atoms with Crippen LogP contribution in [0.5, 0.6) is 5.75 Å². The zero-order chi connectivity index (χ0) is 13.0. The van der Waals surface area contributed by atoms with E-state index in [-0.39, 0.29) is 11.5 Å². The van der Waals surface area contributed by atoms with Gasteiger partial charge in [-0.05, 0) is 12.1 Å². The van der Waals surface area contributed by atoms with Crippen LogP contribution in [0.15, 0.2) is 28.6 Å². The minimum atomic E-state index is -0.00813. The van der Waals surface area contributed by atoms with Crippen LogP contribution in [0.3, 0.4) is 0 Å². The van der Waals surface area contributed by atoms with E-state index in [1.54, 1.807) is 19.2 Å². The van der Waals surface area contributed by atoms with Crippen molar-refractivity contribution >= 4 is 34.0 Å². The summed E-state index contributed by atoms with van der Waals surface area (Å²) in [6.45, 7) is 0. The van der Waals surface area contributed by atoms with Gasteiger partial charge in [-0.25, -0.2) is 0 Å². The lowest BCUT2D eigenvalue weighted by molar-refractivity contribution is 0.101. The van der Waals surface area contributed by atoms with E-state index >= 15 is 0 Å². The molecular weight excluding hydrogens is 270 g/mol. The average Bonchev–Trinajstić information content (AvgIpc) is 2.81. The largest absolute Gasteiger partial charge is 0.496 e. The summed E-state index contributed by atoms with van der Waals surface area (Å²) in [5, 5.41) is 7.94. The molecule has 2 aromatic rings. The highest BCUT2D eigenvalue weighted by Gasteiger charge is 2.13. The molecule has 0 aliphatic rings. The van der Waals surface area contributed by atoms with Crippen LogP contribution in [-0.2, 0) is 0 Å². The second-order valence-corrected chi connectivity index (χ2v) is 5.55. The molecule has 1 heterocycles. The van der Waals surface area contributed by atoms with Crippen molar-refractivity contribution in [2.45, 2.75) is 4.34 Å². The number of carbonyl (C=O) groups excluding carboxylic acids is 1. The highest BCUT2D eigenvalue weighted by atomic mass is 32.2. The zero-order valence-corrected chi connectivity index (χ0v) is 11.3. The Bertz CT molecular complexity index is 557. The van der Waals surface area contributed by atoms with Crippen molar-refractivity contribution < 1.29 is 9.53 Å². The van der Waals surface area contributed by atoms with Crippen LogP contribution in [0.1, 0.15) is 10.4 Å². The third-order valence-electron chi connectivity index (χ3n) is 2.16. The molecule has 94 valence electrons. The summed E-state index contributed by atoms with van der Waals surface area (Å²) in [6.07, 6.45) is 0. The molecule has 0 saturated heterocycles. The van der Waals surface area contributed by atoms with Gasteiger partial charge in [-0.1, -0.05) is 35.2 Å². The first kappa shape index (κ1) is 12.8. The van der Waals surface area contributed by atoms with Gasteiger partial charge in [0.25, 0.3) is 0 Å². The molecule has 0 unspecified atom stereocenters. The molecule has 0 spiro atoms. The second-order valence-electron chi connectivity index (χ2n) is 3.32. The summed E-state index contributed by atoms with van der Waals surface area (Å²) < 4.78 is 5.84. The quantitative estimate of drug-likeness (QED) is 0.668. The number of nitrogens with zero attached hydrogens (tertiary/aromatic N) is 2. The lowest BCUT2D eigenvalue weighted by Gasteiger charge is -2.05. The summed E-state index contributed by atoms with van der Waals surface area (Å²) in [5.41, 5.74) is 6.04. The van der Waals surface area contributed by atoms with Gasteiger partial charge in [0.05, 0.1) is 18.4 Å². The number of ketones is 1. The van der Waals surface area contributed by atoms with E-state index in [0.29, 0.717) is 20.8 Å². The molecule has 0 fully saturated rings. The Balaban J connectivity index is 2.03. The SMILES string of the molecule is COc1ccccc1C(=O)CSc1nnc(N)s1. The fourth-order valence-electron chi connectivity index (χ4n) is 1.36. The number of nitrogens with two attached hydrogens (primary N) is 1. The molecule has 2 rings (SSSR count). The molecule has 0 atom stereocenters. The van der Waals surface area contributed by atoms with Crippen molar-refractivity contribution in [3.8, 4) is 5.75 Å². The van der Waals surface area contributed by atoms with Crippen LogP contribution < -0.4 is 10.5 Å². The Kier molecular flexibility index (Phi) is 4.16. The number of thioether (sulfide) groups is 1. The number of aromatic nitrogens is 2. The van der Waals surface area contributed by atoms with Gasteiger partial charge < -0.3 is 10.5 Å². The minimum absolute atomic E-state index is 0.00813. The van der Waals surface area contributed by atoms with E-state index in [1.165, 1.54) is 23.1 Å². The first-order valence-electron chi connectivity index (χ1n) is 5.08. The first-order chi connectivity index (χ1) is 8.70. The van der Waals surface area contributed by atoms with E-state index in [0.717, 1.165) is 0 Å². The van der Waals surface area contributed by atoms with Crippen molar-refractivity contribution in [2.75, 3.05) is 18.6 Å². The maximum atomic E-state index is 12.0. The summed E-state index contributed by atoms with van der Waals surface area (Å²) in [7, 11) is 1.55. The number of hydrogen-bond acceptors (Lipinski definition) is 7. The standard InChI is InChI=1S/C11H11N3O2S2/c1-16-9-5-3-2-4-7(9)8(15)6-17-11-14-13-10(12)18-11/h2-5H,6H2,1H3,(H2,12,13). The van der Waals surface area contributed by atoms with Crippen molar-refractivity contribution in [2.24, 2.45) is 0 Å². The zero-order valence-electron chi connectivity index (χ0n) is 9.62. The Labute approximate surface area is 112 Å². The van der Waals surface area contributed by atoms with Crippen LogP contribution in [0, 0.1) is 0 Å². The van der Waals surface area contributed by atoms with Crippen LogP contribution in [-0.4, -0.2) is 28.8 Å². The highest BCUT2D eigenvalue weighted by molar-refractivity contribution is 8.01. The molecule has 18 heavy (non-hydrogen) atoms. The van der Waals surface area contributed by atoms with E-state index < -0.39 is 0 Å². The smallest absolute Gasteiger partial charge is 0.203 e. The lowest BCUT2D eigenvalue weighted by Crippen LogP contribution is -2.04.